The number of para-hydroxylation sites is 1. The summed E-state index contributed by atoms with van der Waals surface area (Å²) in [7, 11) is 0. The van der Waals surface area contributed by atoms with E-state index < -0.39 is 0 Å². The van der Waals surface area contributed by atoms with E-state index in [0.29, 0.717) is 0 Å². The molecule has 2 rings (SSSR count). The molecular formula is C13H17N3S. The highest BCUT2D eigenvalue weighted by atomic mass is 32.2. The SMILES string of the molecule is CSCCCn1ccnc1Nc1ccccc1. The van der Waals surface area contributed by atoms with E-state index in [9.17, 15) is 0 Å². The molecule has 0 aliphatic rings. The molecule has 0 saturated heterocycles. The lowest BCUT2D eigenvalue weighted by atomic mass is 10.3. The van der Waals surface area contributed by atoms with Gasteiger partial charge in [-0.2, -0.15) is 11.8 Å². The van der Waals surface area contributed by atoms with Crippen molar-refractivity contribution in [1.29, 1.82) is 0 Å². The number of hydrogen-bond acceptors (Lipinski definition) is 3. The summed E-state index contributed by atoms with van der Waals surface area (Å²) in [5.41, 5.74) is 1.07. The monoisotopic (exact) mass is 247 g/mol. The molecule has 0 saturated carbocycles. The smallest absolute Gasteiger partial charge is 0.207 e. The second-order valence-corrected chi connectivity index (χ2v) is 4.77. The van der Waals surface area contributed by atoms with Crippen molar-refractivity contribution in [2.75, 3.05) is 17.3 Å². The predicted octanol–water partition coefficient (Wildman–Crippen LogP) is 3.38. The van der Waals surface area contributed by atoms with E-state index in [0.717, 1.165) is 18.2 Å². The molecule has 0 aliphatic carbocycles. The molecule has 0 spiro atoms. The Kier molecular flexibility index (Phi) is 4.50. The Bertz CT molecular complexity index is 439. The summed E-state index contributed by atoms with van der Waals surface area (Å²) in [6.07, 6.45) is 7.16. The molecule has 0 atom stereocenters. The molecule has 17 heavy (non-hydrogen) atoms. The highest BCUT2D eigenvalue weighted by Gasteiger charge is 2.02. The predicted molar refractivity (Wildman–Crippen MR) is 75.0 cm³/mol. The van der Waals surface area contributed by atoms with Crippen LogP contribution in [0.3, 0.4) is 0 Å². The van der Waals surface area contributed by atoms with E-state index in [2.05, 4.69) is 21.1 Å². The Morgan fingerprint density at radius 1 is 1.29 bits per heavy atom. The van der Waals surface area contributed by atoms with Crippen LogP contribution in [-0.2, 0) is 6.54 Å². The number of benzene rings is 1. The van der Waals surface area contributed by atoms with Gasteiger partial charge in [0.1, 0.15) is 0 Å². The maximum absolute atomic E-state index is 4.34. The number of nitrogens with one attached hydrogen (secondary N) is 1. The Morgan fingerprint density at radius 2 is 2.12 bits per heavy atom. The largest absolute Gasteiger partial charge is 0.326 e. The summed E-state index contributed by atoms with van der Waals surface area (Å²) < 4.78 is 2.16. The van der Waals surface area contributed by atoms with E-state index >= 15 is 0 Å². The summed E-state index contributed by atoms with van der Waals surface area (Å²) in [6, 6.07) is 10.1. The third-order valence-corrected chi connectivity index (χ3v) is 3.19. The lowest BCUT2D eigenvalue weighted by molar-refractivity contribution is 0.692. The number of rotatable bonds is 6. The van der Waals surface area contributed by atoms with Crippen LogP contribution < -0.4 is 5.32 Å². The molecule has 0 fully saturated rings. The Hall–Kier alpha value is -1.42. The van der Waals surface area contributed by atoms with Crippen molar-refractivity contribution in [1.82, 2.24) is 9.55 Å². The number of aromatic nitrogens is 2. The first-order chi connectivity index (χ1) is 8.40. The van der Waals surface area contributed by atoms with Gasteiger partial charge < -0.3 is 9.88 Å². The zero-order chi connectivity index (χ0) is 11.9. The van der Waals surface area contributed by atoms with Crippen molar-refractivity contribution < 1.29 is 0 Å². The van der Waals surface area contributed by atoms with Gasteiger partial charge in [-0.15, -0.1) is 0 Å². The lowest BCUT2D eigenvalue weighted by Gasteiger charge is -2.09. The van der Waals surface area contributed by atoms with Crippen LogP contribution in [0.4, 0.5) is 11.6 Å². The Morgan fingerprint density at radius 3 is 2.88 bits per heavy atom. The summed E-state index contributed by atoms with van der Waals surface area (Å²) in [6.45, 7) is 1.01. The maximum atomic E-state index is 4.34. The zero-order valence-corrected chi connectivity index (χ0v) is 10.8. The van der Waals surface area contributed by atoms with Gasteiger partial charge in [0.05, 0.1) is 0 Å². The topological polar surface area (TPSA) is 29.9 Å². The number of anilines is 2. The van der Waals surface area contributed by atoms with Crippen LogP contribution in [0.5, 0.6) is 0 Å². The fraction of sp³-hybridized carbons (Fsp3) is 0.308. The average molecular weight is 247 g/mol. The normalized spacial score (nSPS) is 10.4. The third-order valence-electron chi connectivity index (χ3n) is 2.49. The van der Waals surface area contributed by atoms with Gasteiger partial charge in [-0.3, -0.25) is 0 Å². The average Bonchev–Trinajstić information content (AvgIpc) is 2.79. The second-order valence-electron chi connectivity index (χ2n) is 3.78. The highest BCUT2D eigenvalue weighted by Crippen LogP contribution is 2.14. The van der Waals surface area contributed by atoms with Crippen LogP contribution in [0, 0.1) is 0 Å². The molecule has 2 aromatic rings. The summed E-state index contributed by atoms with van der Waals surface area (Å²) >= 11 is 1.88. The molecular weight excluding hydrogens is 230 g/mol. The molecule has 0 bridgehead atoms. The molecule has 3 nitrogen and oxygen atoms in total. The minimum atomic E-state index is 0.914. The molecule has 4 heteroatoms. The minimum absolute atomic E-state index is 0.914. The number of hydrogen-bond donors (Lipinski definition) is 1. The molecule has 1 aromatic heterocycles. The third kappa shape index (κ3) is 3.53. The van der Waals surface area contributed by atoms with Gasteiger partial charge in [-0.25, -0.2) is 4.98 Å². The molecule has 0 radical (unpaired) electrons. The minimum Gasteiger partial charge on any atom is -0.326 e. The van der Waals surface area contributed by atoms with Crippen LogP contribution >= 0.6 is 11.8 Å². The lowest BCUT2D eigenvalue weighted by Crippen LogP contribution is -2.03. The quantitative estimate of drug-likeness (QED) is 0.794. The van der Waals surface area contributed by atoms with Crippen molar-refractivity contribution in [2.45, 2.75) is 13.0 Å². The van der Waals surface area contributed by atoms with Crippen molar-refractivity contribution in [3.05, 3.63) is 42.7 Å². The first-order valence-corrected chi connectivity index (χ1v) is 7.11. The molecule has 1 heterocycles. The van der Waals surface area contributed by atoms with E-state index in [1.165, 1.54) is 12.2 Å². The van der Waals surface area contributed by atoms with Gasteiger partial charge in [0.15, 0.2) is 0 Å². The number of aryl methyl sites for hydroxylation is 1. The molecule has 90 valence electrons. The van der Waals surface area contributed by atoms with Gasteiger partial charge in [0.2, 0.25) is 5.95 Å². The van der Waals surface area contributed by atoms with E-state index in [-0.39, 0.29) is 0 Å². The fourth-order valence-corrected chi connectivity index (χ4v) is 2.06. The number of thioether (sulfide) groups is 1. The number of nitrogens with zero attached hydrogens (tertiary/aromatic N) is 2. The molecule has 1 N–H and O–H groups in total. The molecule has 1 aromatic carbocycles. The van der Waals surface area contributed by atoms with Crippen LogP contribution in [0.25, 0.3) is 0 Å². The summed E-state index contributed by atoms with van der Waals surface area (Å²) in [5, 5.41) is 3.32. The van der Waals surface area contributed by atoms with Crippen molar-refractivity contribution in [3.8, 4) is 0 Å². The van der Waals surface area contributed by atoms with E-state index in [1.54, 1.807) is 0 Å². The van der Waals surface area contributed by atoms with Gasteiger partial charge in [-0.1, -0.05) is 18.2 Å². The van der Waals surface area contributed by atoms with E-state index in [4.69, 9.17) is 0 Å². The van der Waals surface area contributed by atoms with Crippen molar-refractivity contribution in [2.24, 2.45) is 0 Å². The first-order valence-electron chi connectivity index (χ1n) is 5.72. The second kappa shape index (κ2) is 6.35. The van der Waals surface area contributed by atoms with Gasteiger partial charge >= 0.3 is 0 Å². The summed E-state index contributed by atoms with van der Waals surface area (Å²) in [5.74, 6) is 2.10. The zero-order valence-electron chi connectivity index (χ0n) is 9.97. The van der Waals surface area contributed by atoms with Crippen molar-refractivity contribution >= 4 is 23.4 Å². The molecule has 0 aliphatic heterocycles. The fourth-order valence-electron chi connectivity index (χ4n) is 1.64. The van der Waals surface area contributed by atoms with Crippen LogP contribution in [0.2, 0.25) is 0 Å². The van der Waals surface area contributed by atoms with Gasteiger partial charge in [-0.05, 0) is 30.6 Å². The summed E-state index contributed by atoms with van der Waals surface area (Å²) in [4.78, 5) is 4.34. The van der Waals surface area contributed by atoms with Gasteiger partial charge in [0.25, 0.3) is 0 Å². The molecule has 0 amide bonds. The molecule has 0 unspecified atom stereocenters. The van der Waals surface area contributed by atoms with Gasteiger partial charge in [0, 0.05) is 24.6 Å². The van der Waals surface area contributed by atoms with Crippen molar-refractivity contribution in [3.63, 3.8) is 0 Å². The van der Waals surface area contributed by atoms with E-state index in [1.807, 2.05) is 54.5 Å². The highest BCUT2D eigenvalue weighted by molar-refractivity contribution is 7.98. The maximum Gasteiger partial charge on any atom is 0.207 e. The standard InChI is InChI=1S/C13H17N3S/c1-17-11-5-9-16-10-8-14-13(16)15-12-6-3-2-4-7-12/h2-4,6-8,10H,5,9,11H2,1H3,(H,14,15). The van der Waals surface area contributed by atoms with Crippen LogP contribution in [-0.4, -0.2) is 21.6 Å². The number of imidazole rings is 1. The van der Waals surface area contributed by atoms with Crippen LogP contribution in [0.15, 0.2) is 42.7 Å². The Labute approximate surface area is 106 Å². The Balaban J connectivity index is 1.99. The first kappa shape index (κ1) is 12.0. The van der Waals surface area contributed by atoms with Crippen LogP contribution in [0.1, 0.15) is 6.42 Å².